The highest BCUT2D eigenvalue weighted by Gasteiger charge is 2.26. The van der Waals surface area contributed by atoms with Crippen LogP contribution < -0.4 is 4.90 Å². The second-order valence-corrected chi connectivity index (χ2v) is 6.06. The second-order valence-electron chi connectivity index (χ2n) is 6.06. The van der Waals surface area contributed by atoms with Crippen LogP contribution in [-0.2, 0) is 0 Å². The zero-order valence-electron chi connectivity index (χ0n) is 13.8. The van der Waals surface area contributed by atoms with Gasteiger partial charge in [0.2, 0.25) is 0 Å². The third kappa shape index (κ3) is 4.32. The molecule has 1 N–H and O–H groups in total. The fourth-order valence-corrected chi connectivity index (χ4v) is 3.18. The normalized spacial score (nSPS) is 21.8. The summed E-state index contributed by atoms with van der Waals surface area (Å²) < 4.78 is 13.3. The van der Waals surface area contributed by atoms with Crippen molar-refractivity contribution in [3.8, 4) is 0 Å². The highest BCUT2D eigenvalue weighted by atomic mass is 19.1. The van der Waals surface area contributed by atoms with Crippen molar-refractivity contribution in [2.24, 2.45) is 5.92 Å². The molecule has 0 spiro atoms. The minimum absolute atomic E-state index is 0.187. The van der Waals surface area contributed by atoms with Gasteiger partial charge in [0.15, 0.2) is 0 Å². The Kier molecular flexibility index (Phi) is 6.17. The molecular weight excluding hydrogens is 289 g/mol. The fourth-order valence-electron chi connectivity index (χ4n) is 3.18. The Morgan fingerprint density at radius 1 is 1.26 bits per heavy atom. The number of hydrogen-bond donors (Lipinski definition) is 1. The van der Waals surface area contributed by atoms with Crippen LogP contribution >= 0.6 is 0 Å². The number of aliphatic hydroxyl groups is 1. The summed E-state index contributed by atoms with van der Waals surface area (Å²) in [5.41, 5.74) is 3.01. The summed E-state index contributed by atoms with van der Waals surface area (Å²) in [5, 5.41) is 9.72. The molecule has 0 unspecified atom stereocenters. The van der Waals surface area contributed by atoms with Crippen molar-refractivity contribution in [1.29, 1.82) is 0 Å². The molecule has 0 heterocycles. The van der Waals surface area contributed by atoms with E-state index < -0.39 is 0 Å². The van der Waals surface area contributed by atoms with Crippen LogP contribution in [0, 0.1) is 11.7 Å². The highest BCUT2D eigenvalue weighted by molar-refractivity contribution is 5.58. The Morgan fingerprint density at radius 2 is 1.87 bits per heavy atom. The third-order valence-electron chi connectivity index (χ3n) is 4.50. The number of aliphatic hydroxyl groups excluding tert-OH is 1. The Morgan fingerprint density at radius 3 is 2.39 bits per heavy atom. The van der Waals surface area contributed by atoms with Crippen LogP contribution in [-0.4, -0.2) is 11.2 Å². The maximum Gasteiger partial charge on any atom is 0.123 e. The van der Waals surface area contributed by atoms with Crippen molar-refractivity contribution >= 4 is 5.69 Å². The number of benzene rings is 1. The smallest absolute Gasteiger partial charge is 0.123 e. The van der Waals surface area contributed by atoms with E-state index in [0.717, 1.165) is 49.2 Å². The molecule has 0 radical (unpaired) electrons. The fraction of sp³-hybridized carbons (Fsp3) is 0.400. The van der Waals surface area contributed by atoms with E-state index in [1.54, 1.807) is 18.2 Å². The Balaban J connectivity index is 2.32. The van der Waals surface area contributed by atoms with E-state index >= 15 is 0 Å². The van der Waals surface area contributed by atoms with Gasteiger partial charge in [0.05, 0.1) is 6.10 Å². The molecule has 1 aromatic carbocycles. The zero-order valence-corrected chi connectivity index (χ0v) is 13.8. The van der Waals surface area contributed by atoms with Crippen molar-refractivity contribution in [2.75, 3.05) is 4.90 Å². The van der Waals surface area contributed by atoms with Gasteiger partial charge in [0, 0.05) is 17.1 Å². The molecule has 124 valence electrons. The van der Waals surface area contributed by atoms with E-state index in [4.69, 9.17) is 0 Å². The molecule has 2 nitrogen and oxygen atoms in total. The van der Waals surface area contributed by atoms with Gasteiger partial charge in [0.25, 0.3) is 0 Å². The minimum atomic E-state index is -0.245. The van der Waals surface area contributed by atoms with Crippen LogP contribution in [0.1, 0.15) is 39.0 Å². The van der Waals surface area contributed by atoms with Crippen molar-refractivity contribution in [3.05, 3.63) is 66.8 Å². The summed E-state index contributed by atoms with van der Waals surface area (Å²) in [4.78, 5) is 2.11. The number of nitrogens with zero attached hydrogens (tertiary/aromatic N) is 1. The van der Waals surface area contributed by atoms with Crippen LogP contribution in [0.25, 0.3) is 0 Å². The number of halogens is 1. The monoisotopic (exact) mass is 315 g/mol. The third-order valence-corrected chi connectivity index (χ3v) is 4.50. The summed E-state index contributed by atoms with van der Waals surface area (Å²) in [5.74, 6) is 0.0917. The van der Waals surface area contributed by atoms with Gasteiger partial charge in [-0.15, -0.1) is 0 Å². The van der Waals surface area contributed by atoms with Gasteiger partial charge in [-0.25, -0.2) is 4.39 Å². The largest absolute Gasteiger partial charge is 0.393 e. The molecule has 0 atom stereocenters. The number of allylic oxidation sites excluding steroid dienone is 4. The Hall–Kier alpha value is -1.87. The maximum atomic E-state index is 13.3. The first-order valence-electron chi connectivity index (χ1n) is 8.31. The summed E-state index contributed by atoms with van der Waals surface area (Å²) >= 11 is 0. The van der Waals surface area contributed by atoms with Crippen molar-refractivity contribution in [2.45, 2.75) is 45.1 Å². The molecule has 23 heavy (non-hydrogen) atoms. The van der Waals surface area contributed by atoms with Crippen LogP contribution in [0.2, 0.25) is 0 Å². The SMILES string of the molecule is C=C/C=C(\CC)N(C(=C)C1CCC(O)CC1)c1ccc(F)cc1. The molecule has 0 saturated heterocycles. The molecule has 0 bridgehead atoms. The van der Waals surface area contributed by atoms with Gasteiger partial charge >= 0.3 is 0 Å². The highest BCUT2D eigenvalue weighted by Crippen LogP contribution is 2.36. The standard InChI is InChI=1S/C20H26FNO/c1-4-6-18(5-2)22(19-11-9-17(21)10-12-19)15(3)16-7-13-20(23)14-8-16/h4,6,9-12,16,20,23H,1,3,5,7-8,13-14H2,2H3/b18-6+. The van der Waals surface area contributed by atoms with Crippen molar-refractivity contribution < 1.29 is 9.50 Å². The van der Waals surface area contributed by atoms with Gasteiger partial charge in [-0.3, -0.25) is 0 Å². The molecule has 1 fully saturated rings. The van der Waals surface area contributed by atoms with Crippen LogP contribution in [0.4, 0.5) is 10.1 Å². The summed E-state index contributed by atoms with van der Waals surface area (Å²) in [6.07, 6.45) is 7.89. The molecule has 2 rings (SSSR count). The van der Waals surface area contributed by atoms with Gasteiger partial charge in [0.1, 0.15) is 5.82 Å². The Labute approximate surface area is 138 Å². The van der Waals surface area contributed by atoms with E-state index in [1.807, 2.05) is 6.08 Å². The molecule has 3 heteroatoms. The molecule has 1 saturated carbocycles. The Bertz CT molecular complexity index is 568. The van der Waals surface area contributed by atoms with E-state index in [9.17, 15) is 9.50 Å². The predicted molar refractivity (Wildman–Crippen MR) is 94.6 cm³/mol. The first kappa shape index (κ1) is 17.5. The van der Waals surface area contributed by atoms with E-state index in [1.165, 1.54) is 12.1 Å². The number of rotatable bonds is 6. The van der Waals surface area contributed by atoms with Crippen LogP contribution in [0.5, 0.6) is 0 Å². The topological polar surface area (TPSA) is 23.5 Å². The lowest BCUT2D eigenvalue weighted by Gasteiger charge is -2.36. The lowest BCUT2D eigenvalue weighted by atomic mass is 9.85. The van der Waals surface area contributed by atoms with Gasteiger partial charge in [-0.1, -0.05) is 26.2 Å². The predicted octanol–water partition coefficient (Wildman–Crippen LogP) is 5.18. The summed E-state index contributed by atoms with van der Waals surface area (Å²) in [6.45, 7) is 10.2. The van der Waals surface area contributed by atoms with Crippen LogP contribution in [0.15, 0.2) is 61.0 Å². The zero-order chi connectivity index (χ0) is 16.8. The average Bonchev–Trinajstić information content (AvgIpc) is 2.56. The van der Waals surface area contributed by atoms with Crippen molar-refractivity contribution in [1.82, 2.24) is 0 Å². The number of anilines is 1. The van der Waals surface area contributed by atoms with Gasteiger partial charge in [-0.2, -0.15) is 0 Å². The molecule has 0 aromatic heterocycles. The lowest BCUT2D eigenvalue weighted by molar-refractivity contribution is 0.115. The number of hydrogen-bond acceptors (Lipinski definition) is 2. The molecule has 0 aliphatic heterocycles. The molecule has 0 amide bonds. The lowest BCUT2D eigenvalue weighted by Crippen LogP contribution is -2.29. The maximum absolute atomic E-state index is 13.3. The second kappa shape index (κ2) is 8.11. The molecule has 1 aliphatic carbocycles. The summed E-state index contributed by atoms with van der Waals surface area (Å²) in [7, 11) is 0. The van der Waals surface area contributed by atoms with E-state index in [0.29, 0.717) is 5.92 Å². The van der Waals surface area contributed by atoms with Gasteiger partial charge in [-0.05, 0) is 68.4 Å². The first-order valence-corrected chi connectivity index (χ1v) is 8.31. The summed E-state index contributed by atoms with van der Waals surface area (Å²) in [6, 6.07) is 6.51. The van der Waals surface area contributed by atoms with E-state index in [2.05, 4.69) is 25.0 Å². The average molecular weight is 315 g/mol. The van der Waals surface area contributed by atoms with E-state index in [-0.39, 0.29) is 11.9 Å². The van der Waals surface area contributed by atoms with Crippen molar-refractivity contribution in [3.63, 3.8) is 0 Å². The molecule has 1 aromatic rings. The minimum Gasteiger partial charge on any atom is -0.393 e. The molecule has 1 aliphatic rings. The quantitative estimate of drug-likeness (QED) is 0.731. The first-order chi connectivity index (χ1) is 11.1. The molecular formula is C20H26FNO. The van der Waals surface area contributed by atoms with Crippen LogP contribution in [0.3, 0.4) is 0 Å². The van der Waals surface area contributed by atoms with Gasteiger partial charge < -0.3 is 10.0 Å².